The van der Waals surface area contributed by atoms with Gasteiger partial charge in [0.1, 0.15) is 23.8 Å². The standard InChI is InChI=1S/C36H39N3O2/c1-22(2)24-16-25(34-38-36(7,8)21-40-34)18-29(17-24)41-28-15-23(3)14-27(20-28)39-32-12-11-26(35(4,5)6)19-31(32)30-10-9-13-37-33(30)39/h9-20,22H,21H2,1-8H3. The second-order valence-electron chi connectivity index (χ2n) is 13.3. The van der Waals surface area contributed by atoms with Crippen molar-refractivity contribution in [1.29, 1.82) is 0 Å². The first-order valence-electron chi connectivity index (χ1n) is 14.5. The molecule has 1 aliphatic heterocycles. The molecule has 0 fully saturated rings. The van der Waals surface area contributed by atoms with E-state index in [9.17, 15) is 0 Å². The molecule has 2 aromatic heterocycles. The van der Waals surface area contributed by atoms with E-state index in [0.717, 1.165) is 44.9 Å². The molecule has 210 valence electrons. The van der Waals surface area contributed by atoms with Crippen LogP contribution in [-0.2, 0) is 10.2 Å². The quantitative estimate of drug-likeness (QED) is 0.221. The molecular weight excluding hydrogens is 506 g/mol. The highest BCUT2D eigenvalue weighted by Crippen LogP contribution is 2.36. The first-order chi connectivity index (χ1) is 19.4. The molecule has 0 spiro atoms. The average Bonchev–Trinajstić information content (AvgIpc) is 3.44. The predicted molar refractivity (Wildman–Crippen MR) is 169 cm³/mol. The molecular formula is C36H39N3O2. The van der Waals surface area contributed by atoms with Crippen molar-refractivity contribution in [2.24, 2.45) is 4.99 Å². The maximum Gasteiger partial charge on any atom is 0.216 e. The maximum absolute atomic E-state index is 6.58. The van der Waals surface area contributed by atoms with Crippen molar-refractivity contribution in [3.05, 3.63) is 95.2 Å². The normalized spacial score (nSPS) is 15.0. The smallest absolute Gasteiger partial charge is 0.216 e. The van der Waals surface area contributed by atoms with Crippen molar-refractivity contribution in [2.75, 3.05) is 6.61 Å². The van der Waals surface area contributed by atoms with Gasteiger partial charge in [0, 0.05) is 28.6 Å². The van der Waals surface area contributed by atoms with Crippen LogP contribution in [0.3, 0.4) is 0 Å². The molecule has 6 rings (SSSR count). The lowest BCUT2D eigenvalue weighted by atomic mass is 9.86. The van der Waals surface area contributed by atoms with E-state index in [1.165, 1.54) is 16.5 Å². The molecule has 3 aromatic carbocycles. The number of aromatic nitrogens is 2. The van der Waals surface area contributed by atoms with Crippen LogP contribution in [0, 0.1) is 6.92 Å². The van der Waals surface area contributed by atoms with Crippen LogP contribution in [0.15, 0.2) is 77.9 Å². The third-order valence-corrected chi connectivity index (χ3v) is 7.73. The van der Waals surface area contributed by atoms with Gasteiger partial charge in [-0.15, -0.1) is 0 Å². The Morgan fingerprint density at radius 3 is 2.41 bits per heavy atom. The lowest BCUT2D eigenvalue weighted by Gasteiger charge is -2.19. The average molecular weight is 546 g/mol. The molecule has 5 aromatic rings. The lowest BCUT2D eigenvalue weighted by Crippen LogP contribution is -2.17. The third kappa shape index (κ3) is 5.21. The summed E-state index contributed by atoms with van der Waals surface area (Å²) in [4.78, 5) is 9.63. The van der Waals surface area contributed by atoms with Gasteiger partial charge in [-0.3, -0.25) is 4.57 Å². The molecule has 0 radical (unpaired) electrons. The molecule has 0 aliphatic carbocycles. The van der Waals surface area contributed by atoms with Gasteiger partial charge < -0.3 is 9.47 Å². The van der Waals surface area contributed by atoms with E-state index in [4.69, 9.17) is 19.5 Å². The van der Waals surface area contributed by atoms with E-state index in [1.807, 2.05) is 18.3 Å². The van der Waals surface area contributed by atoms with E-state index in [0.29, 0.717) is 18.4 Å². The van der Waals surface area contributed by atoms with Crippen LogP contribution in [0.25, 0.3) is 27.6 Å². The third-order valence-electron chi connectivity index (χ3n) is 7.73. The van der Waals surface area contributed by atoms with Gasteiger partial charge in [-0.25, -0.2) is 9.98 Å². The maximum atomic E-state index is 6.58. The van der Waals surface area contributed by atoms with Gasteiger partial charge in [0.15, 0.2) is 0 Å². The molecule has 0 unspecified atom stereocenters. The molecule has 0 bridgehead atoms. The van der Waals surface area contributed by atoms with Crippen molar-refractivity contribution in [3.8, 4) is 17.2 Å². The summed E-state index contributed by atoms with van der Waals surface area (Å²) in [5.41, 5.74) is 7.48. The van der Waals surface area contributed by atoms with Gasteiger partial charge in [-0.05, 0) is 103 Å². The fourth-order valence-electron chi connectivity index (χ4n) is 5.50. The summed E-state index contributed by atoms with van der Waals surface area (Å²) in [6, 6.07) is 23.6. The first kappa shape index (κ1) is 27.1. The molecule has 3 heterocycles. The largest absolute Gasteiger partial charge is 0.475 e. The minimum Gasteiger partial charge on any atom is -0.475 e. The zero-order valence-corrected chi connectivity index (χ0v) is 25.4. The van der Waals surface area contributed by atoms with Crippen molar-refractivity contribution < 1.29 is 9.47 Å². The number of aryl methyl sites for hydroxylation is 1. The number of aliphatic imine (C=N–C) groups is 1. The van der Waals surface area contributed by atoms with Crippen molar-refractivity contribution in [2.45, 2.75) is 72.3 Å². The Labute approximate surface area is 242 Å². The molecule has 0 saturated carbocycles. The summed E-state index contributed by atoms with van der Waals surface area (Å²) in [6.45, 7) is 18.0. The number of fused-ring (bicyclic) bond motifs is 3. The minimum atomic E-state index is -0.223. The molecule has 0 amide bonds. The highest BCUT2D eigenvalue weighted by Gasteiger charge is 2.28. The Morgan fingerprint density at radius 2 is 1.71 bits per heavy atom. The SMILES string of the molecule is Cc1cc(Oc2cc(C3=NC(C)(C)CO3)cc(C(C)C)c2)cc(-n2c3ccc(C(C)(C)C)cc3c3cccnc32)c1. The van der Waals surface area contributed by atoms with Gasteiger partial charge in [-0.2, -0.15) is 0 Å². The van der Waals surface area contributed by atoms with Crippen LogP contribution < -0.4 is 4.74 Å². The van der Waals surface area contributed by atoms with Crippen LogP contribution in [0.1, 0.15) is 76.6 Å². The van der Waals surface area contributed by atoms with E-state index < -0.39 is 0 Å². The fraction of sp³-hybridized carbons (Fsp3) is 0.333. The number of rotatable bonds is 5. The summed E-state index contributed by atoms with van der Waals surface area (Å²) in [7, 11) is 0. The molecule has 0 saturated heterocycles. The van der Waals surface area contributed by atoms with Crippen LogP contribution >= 0.6 is 0 Å². The molecule has 5 nitrogen and oxygen atoms in total. The minimum absolute atomic E-state index is 0.0589. The van der Waals surface area contributed by atoms with E-state index in [2.05, 4.69) is 115 Å². The fourth-order valence-corrected chi connectivity index (χ4v) is 5.50. The Kier molecular flexibility index (Phi) is 6.44. The molecule has 0 N–H and O–H groups in total. The second kappa shape index (κ2) is 9.76. The number of hydrogen-bond acceptors (Lipinski definition) is 4. The summed E-state index contributed by atoms with van der Waals surface area (Å²) in [5.74, 6) is 2.56. The van der Waals surface area contributed by atoms with E-state index in [-0.39, 0.29) is 11.0 Å². The van der Waals surface area contributed by atoms with Crippen molar-refractivity contribution >= 4 is 27.8 Å². The van der Waals surface area contributed by atoms with Crippen LogP contribution in [0.4, 0.5) is 0 Å². The van der Waals surface area contributed by atoms with Crippen LogP contribution in [0.5, 0.6) is 11.5 Å². The van der Waals surface area contributed by atoms with Gasteiger partial charge >= 0.3 is 0 Å². The number of benzene rings is 3. The number of nitrogens with zero attached hydrogens (tertiary/aromatic N) is 3. The molecule has 41 heavy (non-hydrogen) atoms. The highest BCUT2D eigenvalue weighted by atomic mass is 16.5. The van der Waals surface area contributed by atoms with Gasteiger partial charge in [0.25, 0.3) is 0 Å². The van der Waals surface area contributed by atoms with Crippen molar-refractivity contribution in [3.63, 3.8) is 0 Å². The van der Waals surface area contributed by atoms with Gasteiger partial charge in [-0.1, -0.05) is 40.7 Å². The Morgan fingerprint density at radius 1 is 0.927 bits per heavy atom. The Balaban J connectivity index is 1.46. The highest BCUT2D eigenvalue weighted by molar-refractivity contribution is 6.08. The lowest BCUT2D eigenvalue weighted by molar-refractivity contribution is 0.279. The summed E-state index contributed by atoms with van der Waals surface area (Å²) < 4.78 is 14.8. The van der Waals surface area contributed by atoms with E-state index in [1.54, 1.807) is 0 Å². The topological polar surface area (TPSA) is 48.6 Å². The summed E-state index contributed by atoms with van der Waals surface area (Å²) in [5, 5.41) is 2.35. The second-order valence-corrected chi connectivity index (χ2v) is 13.3. The first-order valence-corrected chi connectivity index (χ1v) is 14.5. The number of hydrogen-bond donors (Lipinski definition) is 0. The number of pyridine rings is 1. The van der Waals surface area contributed by atoms with Gasteiger partial charge in [0.2, 0.25) is 5.90 Å². The predicted octanol–water partition coefficient (Wildman–Crippen LogP) is 9.26. The zero-order valence-electron chi connectivity index (χ0n) is 25.4. The molecule has 1 aliphatic rings. The molecule has 0 atom stereocenters. The Hall–Kier alpha value is -4.12. The van der Waals surface area contributed by atoms with Crippen LogP contribution in [-0.4, -0.2) is 27.6 Å². The van der Waals surface area contributed by atoms with Crippen LogP contribution in [0.2, 0.25) is 0 Å². The molecule has 5 heteroatoms. The zero-order chi connectivity index (χ0) is 29.1. The Bertz CT molecular complexity index is 1820. The summed E-state index contributed by atoms with van der Waals surface area (Å²) >= 11 is 0. The monoisotopic (exact) mass is 545 g/mol. The number of ether oxygens (including phenoxy) is 2. The summed E-state index contributed by atoms with van der Waals surface area (Å²) in [6.07, 6.45) is 1.86. The van der Waals surface area contributed by atoms with Crippen molar-refractivity contribution in [1.82, 2.24) is 9.55 Å². The van der Waals surface area contributed by atoms with E-state index >= 15 is 0 Å². The van der Waals surface area contributed by atoms with Gasteiger partial charge in [0.05, 0.1) is 16.7 Å².